The molecule has 5 heteroatoms. The summed E-state index contributed by atoms with van der Waals surface area (Å²) < 4.78 is 1.51. The highest BCUT2D eigenvalue weighted by molar-refractivity contribution is 6.34. The zero-order valence-corrected chi connectivity index (χ0v) is 10.1. The molecular formula is C10H16ClN3O. The van der Waals surface area contributed by atoms with E-state index in [1.807, 2.05) is 0 Å². The summed E-state index contributed by atoms with van der Waals surface area (Å²) in [6.07, 6.45) is 2.03. The average molecular weight is 230 g/mol. The van der Waals surface area contributed by atoms with E-state index in [0.29, 0.717) is 23.0 Å². The smallest absolute Gasteiger partial charge is 0.271 e. The molecule has 0 fully saturated rings. The second-order valence-corrected chi connectivity index (χ2v) is 3.86. The van der Waals surface area contributed by atoms with Gasteiger partial charge < -0.3 is 5.32 Å². The summed E-state index contributed by atoms with van der Waals surface area (Å²) in [5.41, 5.74) is 1.12. The number of unbranched alkanes of at least 4 members (excludes halogenated alkanes) is 1. The van der Waals surface area contributed by atoms with Crippen LogP contribution in [0.1, 0.15) is 35.9 Å². The number of hydrogen-bond donors (Lipinski definition) is 1. The van der Waals surface area contributed by atoms with Crippen molar-refractivity contribution in [3.8, 4) is 0 Å². The third kappa shape index (κ3) is 2.72. The number of amides is 1. The lowest BCUT2D eigenvalue weighted by molar-refractivity contribution is 0.0944. The molecule has 0 aliphatic carbocycles. The van der Waals surface area contributed by atoms with E-state index in [1.54, 1.807) is 14.0 Å². The molecule has 1 amide bonds. The number of nitrogens with zero attached hydrogens (tertiary/aromatic N) is 2. The second-order valence-electron chi connectivity index (χ2n) is 3.48. The minimum Gasteiger partial charge on any atom is -0.351 e. The number of nitrogens with one attached hydrogen (secondary N) is 1. The first-order chi connectivity index (χ1) is 7.07. The molecule has 0 unspecified atom stereocenters. The summed E-state index contributed by atoms with van der Waals surface area (Å²) in [5, 5.41) is 7.33. The van der Waals surface area contributed by atoms with Crippen LogP contribution in [0.2, 0.25) is 5.02 Å². The van der Waals surface area contributed by atoms with E-state index in [0.717, 1.165) is 12.8 Å². The maximum Gasteiger partial charge on any atom is 0.271 e. The first kappa shape index (κ1) is 12.0. The van der Waals surface area contributed by atoms with Gasteiger partial charge in [-0.2, -0.15) is 5.10 Å². The van der Waals surface area contributed by atoms with Gasteiger partial charge in [0.1, 0.15) is 5.69 Å². The van der Waals surface area contributed by atoms with Crippen molar-refractivity contribution in [1.82, 2.24) is 15.1 Å². The van der Waals surface area contributed by atoms with Gasteiger partial charge in [-0.3, -0.25) is 9.48 Å². The Morgan fingerprint density at radius 3 is 2.73 bits per heavy atom. The standard InChI is InChI=1S/C10H16ClN3O/c1-4-5-6-12-10(15)9-8(11)7(2)13-14(9)3/h4-6H2,1-3H3,(H,12,15). The van der Waals surface area contributed by atoms with E-state index in [-0.39, 0.29) is 5.91 Å². The molecule has 0 aliphatic rings. The first-order valence-electron chi connectivity index (χ1n) is 5.05. The lowest BCUT2D eigenvalue weighted by atomic mass is 10.3. The Balaban J connectivity index is 2.73. The summed E-state index contributed by atoms with van der Waals surface area (Å²) in [6.45, 7) is 4.54. The molecule has 1 aromatic heterocycles. The van der Waals surface area contributed by atoms with Crippen LogP contribution in [-0.2, 0) is 7.05 Å². The van der Waals surface area contributed by atoms with Crippen LogP contribution in [0.25, 0.3) is 0 Å². The van der Waals surface area contributed by atoms with E-state index >= 15 is 0 Å². The van der Waals surface area contributed by atoms with Crippen molar-refractivity contribution < 1.29 is 4.79 Å². The number of aryl methyl sites for hydroxylation is 2. The molecule has 84 valence electrons. The molecule has 0 saturated carbocycles. The Bertz CT molecular complexity index is 360. The van der Waals surface area contributed by atoms with Crippen LogP contribution in [-0.4, -0.2) is 22.2 Å². The van der Waals surface area contributed by atoms with Crippen molar-refractivity contribution in [1.29, 1.82) is 0 Å². The third-order valence-electron chi connectivity index (χ3n) is 2.18. The SMILES string of the molecule is CCCCNC(=O)c1c(Cl)c(C)nn1C. The van der Waals surface area contributed by atoms with Crippen molar-refractivity contribution in [3.63, 3.8) is 0 Å². The molecule has 1 aromatic rings. The van der Waals surface area contributed by atoms with Gasteiger partial charge in [0, 0.05) is 13.6 Å². The Kier molecular flexibility index (Phi) is 4.15. The van der Waals surface area contributed by atoms with Crippen molar-refractivity contribution >= 4 is 17.5 Å². The minimum absolute atomic E-state index is 0.156. The molecule has 0 atom stereocenters. The predicted octanol–water partition coefficient (Wildman–Crippen LogP) is 1.91. The predicted molar refractivity (Wildman–Crippen MR) is 60.2 cm³/mol. The molecule has 1 rings (SSSR count). The van der Waals surface area contributed by atoms with Gasteiger partial charge in [-0.1, -0.05) is 24.9 Å². The van der Waals surface area contributed by atoms with Crippen LogP contribution in [0.4, 0.5) is 0 Å². The Morgan fingerprint density at radius 1 is 1.60 bits per heavy atom. The molecule has 0 radical (unpaired) electrons. The quantitative estimate of drug-likeness (QED) is 0.802. The van der Waals surface area contributed by atoms with Crippen molar-refractivity contribution in [2.45, 2.75) is 26.7 Å². The van der Waals surface area contributed by atoms with Crippen LogP contribution < -0.4 is 5.32 Å². The van der Waals surface area contributed by atoms with Gasteiger partial charge in [-0.15, -0.1) is 0 Å². The highest BCUT2D eigenvalue weighted by Crippen LogP contribution is 2.18. The van der Waals surface area contributed by atoms with E-state index in [2.05, 4.69) is 17.3 Å². The van der Waals surface area contributed by atoms with Gasteiger partial charge in [0.25, 0.3) is 5.91 Å². The fourth-order valence-corrected chi connectivity index (χ4v) is 1.59. The fraction of sp³-hybridized carbons (Fsp3) is 0.600. The highest BCUT2D eigenvalue weighted by atomic mass is 35.5. The van der Waals surface area contributed by atoms with E-state index < -0.39 is 0 Å². The molecular weight excluding hydrogens is 214 g/mol. The van der Waals surface area contributed by atoms with Crippen molar-refractivity contribution in [2.24, 2.45) is 7.05 Å². The molecule has 4 nitrogen and oxygen atoms in total. The molecule has 0 bridgehead atoms. The molecule has 0 spiro atoms. The van der Waals surface area contributed by atoms with E-state index in [1.165, 1.54) is 4.68 Å². The highest BCUT2D eigenvalue weighted by Gasteiger charge is 2.17. The monoisotopic (exact) mass is 229 g/mol. The largest absolute Gasteiger partial charge is 0.351 e. The topological polar surface area (TPSA) is 46.9 Å². The van der Waals surface area contributed by atoms with Gasteiger partial charge >= 0.3 is 0 Å². The fourth-order valence-electron chi connectivity index (χ4n) is 1.34. The summed E-state index contributed by atoms with van der Waals surface area (Å²) in [6, 6.07) is 0. The van der Waals surface area contributed by atoms with Crippen molar-refractivity contribution in [2.75, 3.05) is 6.54 Å². The van der Waals surface area contributed by atoms with Gasteiger partial charge in [0.15, 0.2) is 0 Å². The Morgan fingerprint density at radius 2 is 2.27 bits per heavy atom. The molecule has 1 heterocycles. The molecule has 15 heavy (non-hydrogen) atoms. The van der Waals surface area contributed by atoms with Crippen LogP contribution in [0.3, 0.4) is 0 Å². The van der Waals surface area contributed by atoms with Gasteiger partial charge in [0.05, 0.1) is 10.7 Å². The molecule has 0 saturated heterocycles. The first-order valence-corrected chi connectivity index (χ1v) is 5.43. The van der Waals surface area contributed by atoms with Crippen LogP contribution in [0.5, 0.6) is 0 Å². The van der Waals surface area contributed by atoms with Gasteiger partial charge in [-0.05, 0) is 13.3 Å². The number of carbonyl (C=O) groups is 1. The zero-order valence-electron chi connectivity index (χ0n) is 9.30. The zero-order chi connectivity index (χ0) is 11.4. The van der Waals surface area contributed by atoms with Crippen LogP contribution in [0.15, 0.2) is 0 Å². The second kappa shape index (κ2) is 5.16. The van der Waals surface area contributed by atoms with E-state index in [4.69, 9.17) is 11.6 Å². The lowest BCUT2D eigenvalue weighted by Crippen LogP contribution is -2.26. The molecule has 0 aromatic carbocycles. The maximum absolute atomic E-state index is 11.7. The van der Waals surface area contributed by atoms with Gasteiger partial charge in [-0.25, -0.2) is 0 Å². The lowest BCUT2D eigenvalue weighted by Gasteiger charge is -2.04. The maximum atomic E-state index is 11.7. The number of rotatable bonds is 4. The van der Waals surface area contributed by atoms with Crippen LogP contribution >= 0.6 is 11.6 Å². The summed E-state index contributed by atoms with van der Waals surface area (Å²) >= 11 is 5.98. The van der Waals surface area contributed by atoms with E-state index in [9.17, 15) is 4.79 Å². The van der Waals surface area contributed by atoms with Crippen molar-refractivity contribution in [3.05, 3.63) is 16.4 Å². The average Bonchev–Trinajstić information content (AvgIpc) is 2.41. The Labute approximate surface area is 94.6 Å². The summed E-state index contributed by atoms with van der Waals surface area (Å²) in [5.74, 6) is -0.156. The Hall–Kier alpha value is -1.03. The normalized spacial score (nSPS) is 10.4. The van der Waals surface area contributed by atoms with Gasteiger partial charge in [0.2, 0.25) is 0 Å². The summed E-state index contributed by atoms with van der Waals surface area (Å²) in [7, 11) is 1.72. The third-order valence-corrected chi connectivity index (χ3v) is 2.63. The number of halogens is 1. The van der Waals surface area contributed by atoms with Crippen LogP contribution in [0, 0.1) is 6.92 Å². The number of aromatic nitrogens is 2. The molecule has 1 N–H and O–H groups in total. The summed E-state index contributed by atoms with van der Waals surface area (Å²) in [4.78, 5) is 11.7. The number of hydrogen-bond acceptors (Lipinski definition) is 2. The molecule has 0 aliphatic heterocycles. The minimum atomic E-state index is -0.156. The number of carbonyl (C=O) groups excluding carboxylic acids is 1.